The molecule has 0 aliphatic heterocycles. The van der Waals surface area contributed by atoms with Crippen molar-refractivity contribution in [2.45, 2.75) is 32.7 Å². The topological polar surface area (TPSA) is 105 Å². The summed E-state index contributed by atoms with van der Waals surface area (Å²) in [6, 6.07) is 2.44. The zero-order valence-electron chi connectivity index (χ0n) is 11.1. The third kappa shape index (κ3) is 5.37. The number of nitrogen functional groups attached to an aromatic ring is 1. The second kappa shape index (κ2) is 6.72. The predicted molar refractivity (Wildman–Crippen MR) is 71.4 cm³/mol. The molecule has 0 radical (unpaired) electrons. The van der Waals surface area contributed by atoms with Gasteiger partial charge in [0.2, 0.25) is 5.91 Å². The molecule has 1 aromatic heterocycles. The summed E-state index contributed by atoms with van der Waals surface area (Å²) in [5.74, 6) is -1.19. The van der Waals surface area contributed by atoms with Crippen LogP contribution in [0.2, 0.25) is 0 Å². The third-order valence-electron chi connectivity index (χ3n) is 2.53. The molecule has 6 nitrogen and oxygen atoms in total. The summed E-state index contributed by atoms with van der Waals surface area (Å²) in [4.78, 5) is 26.8. The van der Waals surface area contributed by atoms with Crippen molar-refractivity contribution in [1.29, 1.82) is 0 Å². The monoisotopic (exact) mass is 265 g/mol. The molecule has 0 bridgehead atoms. The lowest BCUT2D eigenvalue weighted by atomic mass is 10.0. The first kappa shape index (κ1) is 14.9. The van der Waals surface area contributed by atoms with Gasteiger partial charge in [-0.1, -0.05) is 13.8 Å². The molecule has 0 saturated heterocycles. The number of nitrogens with zero attached hydrogens (tertiary/aromatic N) is 1. The highest BCUT2D eigenvalue weighted by molar-refractivity contribution is 5.84. The lowest BCUT2D eigenvalue weighted by molar-refractivity contribution is -0.142. The lowest BCUT2D eigenvalue weighted by Crippen LogP contribution is -2.42. The minimum Gasteiger partial charge on any atom is -0.480 e. The summed E-state index contributed by atoms with van der Waals surface area (Å²) in [5.41, 5.74) is 6.57. The maximum absolute atomic E-state index is 11.7. The summed E-state index contributed by atoms with van der Waals surface area (Å²) >= 11 is 0. The Balaban J connectivity index is 2.57. The molecule has 1 atom stereocenters. The molecule has 1 heterocycles. The van der Waals surface area contributed by atoms with E-state index in [1.54, 1.807) is 12.1 Å². The molecule has 0 aliphatic rings. The number of nitrogens with one attached hydrogen (secondary N) is 1. The second-order valence-corrected chi connectivity index (χ2v) is 4.85. The van der Waals surface area contributed by atoms with Crippen LogP contribution < -0.4 is 11.1 Å². The molecule has 0 saturated carbocycles. The number of aliphatic carboxylic acids is 1. The van der Waals surface area contributed by atoms with Gasteiger partial charge in [-0.05, 0) is 24.5 Å². The van der Waals surface area contributed by atoms with Crippen molar-refractivity contribution in [3.05, 3.63) is 24.0 Å². The van der Waals surface area contributed by atoms with Crippen LogP contribution in [0.15, 0.2) is 18.3 Å². The van der Waals surface area contributed by atoms with Crippen molar-refractivity contribution in [1.82, 2.24) is 10.3 Å². The largest absolute Gasteiger partial charge is 0.480 e. The summed E-state index contributed by atoms with van der Waals surface area (Å²) in [5, 5.41) is 11.5. The van der Waals surface area contributed by atoms with Crippen molar-refractivity contribution in [3.8, 4) is 0 Å². The smallest absolute Gasteiger partial charge is 0.326 e. The van der Waals surface area contributed by atoms with Crippen molar-refractivity contribution in [2.24, 2.45) is 5.92 Å². The van der Waals surface area contributed by atoms with Crippen molar-refractivity contribution >= 4 is 17.6 Å². The summed E-state index contributed by atoms with van der Waals surface area (Å²) in [6.45, 7) is 3.81. The highest BCUT2D eigenvalue weighted by atomic mass is 16.4. The maximum Gasteiger partial charge on any atom is 0.326 e. The van der Waals surface area contributed by atoms with Crippen LogP contribution in [0.4, 0.5) is 5.69 Å². The van der Waals surface area contributed by atoms with Gasteiger partial charge >= 0.3 is 5.97 Å². The van der Waals surface area contributed by atoms with E-state index in [4.69, 9.17) is 10.8 Å². The van der Waals surface area contributed by atoms with Crippen molar-refractivity contribution in [3.63, 3.8) is 0 Å². The molecule has 0 aromatic carbocycles. The zero-order valence-corrected chi connectivity index (χ0v) is 11.1. The molecule has 6 heteroatoms. The van der Waals surface area contributed by atoms with Crippen LogP contribution in [0.5, 0.6) is 0 Å². The fourth-order valence-electron chi connectivity index (χ4n) is 1.64. The predicted octanol–water partition coefficient (Wildman–Crippen LogP) is 0.822. The van der Waals surface area contributed by atoms with Gasteiger partial charge in [0.05, 0.1) is 18.3 Å². The molecule has 0 fully saturated rings. The molecular weight excluding hydrogens is 246 g/mol. The Hall–Kier alpha value is -2.11. The molecule has 0 unspecified atom stereocenters. The number of hydrogen-bond donors (Lipinski definition) is 3. The number of carboxylic acids is 1. The number of amides is 1. The van der Waals surface area contributed by atoms with E-state index in [0.29, 0.717) is 17.8 Å². The minimum atomic E-state index is -1.02. The van der Waals surface area contributed by atoms with Gasteiger partial charge in [0.1, 0.15) is 6.04 Å². The first-order chi connectivity index (χ1) is 8.88. The Morgan fingerprint density at radius 1 is 1.42 bits per heavy atom. The SMILES string of the molecule is CC(C)C[C@H](NC(=O)Cc1ccc(N)cn1)C(=O)O. The van der Waals surface area contributed by atoms with Crippen LogP contribution in [0.3, 0.4) is 0 Å². The van der Waals surface area contributed by atoms with Crippen LogP contribution in [-0.4, -0.2) is 28.0 Å². The number of carbonyl (C=O) groups excluding carboxylic acids is 1. The number of carbonyl (C=O) groups is 2. The van der Waals surface area contributed by atoms with Crippen LogP contribution in [0.1, 0.15) is 26.0 Å². The van der Waals surface area contributed by atoms with Crippen LogP contribution in [-0.2, 0) is 16.0 Å². The number of pyridine rings is 1. The van der Waals surface area contributed by atoms with E-state index in [1.807, 2.05) is 13.8 Å². The van der Waals surface area contributed by atoms with Gasteiger partial charge in [-0.25, -0.2) is 4.79 Å². The van der Waals surface area contributed by atoms with Gasteiger partial charge in [-0.3, -0.25) is 9.78 Å². The Bertz CT molecular complexity index is 443. The molecular formula is C13H19N3O3. The van der Waals surface area contributed by atoms with E-state index in [2.05, 4.69) is 10.3 Å². The number of hydrogen-bond acceptors (Lipinski definition) is 4. The highest BCUT2D eigenvalue weighted by Gasteiger charge is 2.21. The third-order valence-corrected chi connectivity index (χ3v) is 2.53. The first-order valence-corrected chi connectivity index (χ1v) is 6.11. The van der Waals surface area contributed by atoms with Gasteiger partial charge in [-0.2, -0.15) is 0 Å². The van der Waals surface area contributed by atoms with E-state index >= 15 is 0 Å². The maximum atomic E-state index is 11.7. The molecule has 1 rings (SSSR count). The summed E-state index contributed by atoms with van der Waals surface area (Å²) in [6.07, 6.45) is 1.91. The second-order valence-electron chi connectivity index (χ2n) is 4.85. The molecule has 0 aliphatic carbocycles. The normalized spacial score (nSPS) is 12.2. The Morgan fingerprint density at radius 2 is 2.11 bits per heavy atom. The van der Waals surface area contributed by atoms with E-state index in [0.717, 1.165) is 0 Å². The molecule has 104 valence electrons. The molecule has 1 aromatic rings. The van der Waals surface area contributed by atoms with Crippen LogP contribution >= 0.6 is 0 Å². The Kier molecular flexibility index (Phi) is 5.29. The Labute approximate surface area is 112 Å². The summed E-state index contributed by atoms with van der Waals surface area (Å²) < 4.78 is 0. The summed E-state index contributed by atoms with van der Waals surface area (Å²) in [7, 11) is 0. The van der Waals surface area contributed by atoms with Crippen LogP contribution in [0, 0.1) is 5.92 Å². The number of carboxylic acid groups (broad SMARTS) is 1. The number of rotatable bonds is 6. The number of aromatic nitrogens is 1. The quantitative estimate of drug-likeness (QED) is 0.706. The molecule has 0 spiro atoms. The van der Waals surface area contributed by atoms with Crippen LogP contribution in [0.25, 0.3) is 0 Å². The van der Waals surface area contributed by atoms with Gasteiger partial charge in [-0.15, -0.1) is 0 Å². The fraction of sp³-hybridized carbons (Fsp3) is 0.462. The van der Waals surface area contributed by atoms with Crippen molar-refractivity contribution < 1.29 is 14.7 Å². The van der Waals surface area contributed by atoms with E-state index in [9.17, 15) is 9.59 Å². The molecule has 4 N–H and O–H groups in total. The number of anilines is 1. The standard InChI is InChI=1S/C13H19N3O3/c1-8(2)5-11(13(18)19)16-12(17)6-10-4-3-9(14)7-15-10/h3-4,7-8,11H,5-6,14H2,1-2H3,(H,16,17)(H,18,19)/t11-/m0/s1. The van der Waals surface area contributed by atoms with E-state index < -0.39 is 12.0 Å². The Morgan fingerprint density at radius 3 is 2.58 bits per heavy atom. The van der Waals surface area contributed by atoms with E-state index in [-0.39, 0.29) is 18.2 Å². The highest BCUT2D eigenvalue weighted by Crippen LogP contribution is 2.06. The van der Waals surface area contributed by atoms with E-state index in [1.165, 1.54) is 6.20 Å². The molecule has 1 amide bonds. The van der Waals surface area contributed by atoms with Crippen molar-refractivity contribution in [2.75, 3.05) is 5.73 Å². The lowest BCUT2D eigenvalue weighted by Gasteiger charge is -2.16. The minimum absolute atomic E-state index is 0.0438. The first-order valence-electron chi connectivity index (χ1n) is 6.11. The van der Waals surface area contributed by atoms with Gasteiger partial charge in [0.15, 0.2) is 0 Å². The average molecular weight is 265 g/mol. The number of nitrogens with two attached hydrogens (primary N) is 1. The zero-order chi connectivity index (χ0) is 14.4. The van der Waals surface area contributed by atoms with Gasteiger partial charge in [0, 0.05) is 5.69 Å². The molecule has 19 heavy (non-hydrogen) atoms. The van der Waals surface area contributed by atoms with Gasteiger partial charge in [0.25, 0.3) is 0 Å². The average Bonchev–Trinajstić information content (AvgIpc) is 2.30. The van der Waals surface area contributed by atoms with Gasteiger partial charge < -0.3 is 16.2 Å². The fourth-order valence-corrected chi connectivity index (χ4v) is 1.64.